The fourth-order valence-corrected chi connectivity index (χ4v) is 2.64. The van der Waals surface area contributed by atoms with Gasteiger partial charge in [0, 0.05) is 11.9 Å². The number of anilines is 4. The molecule has 0 aliphatic rings. The zero-order valence-corrected chi connectivity index (χ0v) is 14.5. The zero-order valence-electron chi connectivity index (χ0n) is 14.5. The number of aromatic nitrogens is 2. The van der Waals surface area contributed by atoms with E-state index in [2.05, 4.69) is 59.6 Å². The van der Waals surface area contributed by atoms with Gasteiger partial charge in [-0.25, -0.2) is 9.37 Å². The van der Waals surface area contributed by atoms with E-state index in [0.717, 1.165) is 11.3 Å². The van der Waals surface area contributed by atoms with Gasteiger partial charge < -0.3 is 10.6 Å². The van der Waals surface area contributed by atoms with Crippen LogP contribution in [0.3, 0.4) is 0 Å². The van der Waals surface area contributed by atoms with Crippen molar-refractivity contribution >= 4 is 23.1 Å². The van der Waals surface area contributed by atoms with E-state index in [1.807, 2.05) is 0 Å². The van der Waals surface area contributed by atoms with Crippen LogP contribution in [0.1, 0.15) is 30.9 Å². The van der Waals surface area contributed by atoms with Crippen molar-refractivity contribution in [1.29, 1.82) is 0 Å². The van der Waals surface area contributed by atoms with E-state index in [-0.39, 0.29) is 5.82 Å². The fraction of sp³-hybridized carbons (Fsp3) is 0.200. The molecule has 0 atom stereocenters. The van der Waals surface area contributed by atoms with Crippen molar-refractivity contribution in [2.75, 3.05) is 10.6 Å². The fourth-order valence-electron chi connectivity index (χ4n) is 2.64. The van der Waals surface area contributed by atoms with E-state index < -0.39 is 0 Å². The predicted molar refractivity (Wildman–Crippen MR) is 100 cm³/mol. The van der Waals surface area contributed by atoms with E-state index in [4.69, 9.17) is 0 Å². The van der Waals surface area contributed by atoms with Crippen molar-refractivity contribution in [3.63, 3.8) is 0 Å². The molecular weight excluding hydrogens is 315 g/mol. The van der Waals surface area contributed by atoms with Crippen LogP contribution in [0, 0.1) is 12.7 Å². The standard InChI is InChI=1S/C20H21FN4/c1-13(2)15-8-6-7-14(3)19(15)24-18-11-12-22-20(25-18)23-17-10-5-4-9-16(17)21/h4-13H,1-3H3,(H2,22,23,24,25). The second-order valence-corrected chi connectivity index (χ2v) is 6.19. The number of hydrogen-bond acceptors (Lipinski definition) is 4. The summed E-state index contributed by atoms with van der Waals surface area (Å²) in [6, 6.07) is 14.5. The van der Waals surface area contributed by atoms with Crippen LogP contribution in [0.25, 0.3) is 0 Å². The van der Waals surface area contributed by atoms with Gasteiger partial charge in [0.05, 0.1) is 5.69 Å². The van der Waals surface area contributed by atoms with E-state index in [1.54, 1.807) is 30.5 Å². The second-order valence-electron chi connectivity index (χ2n) is 6.19. The number of hydrogen-bond donors (Lipinski definition) is 2. The Morgan fingerprint density at radius 1 is 0.960 bits per heavy atom. The molecule has 128 valence electrons. The predicted octanol–water partition coefficient (Wildman–Crippen LogP) is 5.53. The molecule has 1 heterocycles. The Morgan fingerprint density at radius 3 is 2.52 bits per heavy atom. The van der Waals surface area contributed by atoms with Gasteiger partial charge in [-0.05, 0) is 42.2 Å². The van der Waals surface area contributed by atoms with Crippen LogP contribution in [0.4, 0.5) is 27.5 Å². The number of rotatable bonds is 5. The largest absolute Gasteiger partial charge is 0.340 e. The summed E-state index contributed by atoms with van der Waals surface area (Å²) >= 11 is 0. The van der Waals surface area contributed by atoms with Gasteiger partial charge in [-0.2, -0.15) is 4.98 Å². The Hall–Kier alpha value is -2.95. The molecule has 2 aromatic carbocycles. The van der Waals surface area contributed by atoms with Crippen LogP contribution in [0.15, 0.2) is 54.7 Å². The molecule has 0 unspecified atom stereocenters. The van der Waals surface area contributed by atoms with E-state index >= 15 is 0 Å². The quantitative estimate of drug-likeness (QED) is 0.643. The Balaban J connectivity index is 1.87. The second kappa shape index (κ2) is 7.30. The highest BCUT2D eigenvalue weighted by molar-refractivity contribution is 5.66. The van der Waals surface area contributed by atoms with Crippen LogP contribution in [-0.2, 0) is 0 Å². The lowest BCUT2D eigenvalue weighted by molar-refractivity contribution is 0.631. The lowest BCUT2D eigenvalue weighted by Gasteiger charge is -2.17. The molecule has 0 amide bonds. The summed E-state index contributed by atoms with van der Waals surface area (Å²) in [5, 5.41) is 6.29. The minimum absolute atomic E-state index is 0.342. The molecule has 0 saturated carbocycles. The summed E-state index contributed by atoms with van der Waals surface area (Å²) in [4.78, 5) is 8.61. The van der Waals surface area contributed by atoms with E-state index in [0.29, 0.717) is 23.4 Å². The highest BCUT2D eigenvalue weighted by atomic mass is 19.1. The molecule has 4 nitrogen and oxygen atoms in total. The summed E-state index contributed by atoms with van der Waals surface area (Å²) in [6.45, 7) is 6.38. The maximum atomic E-state index is 13.8. The summed E-state index contributed by atoms with van der Waals surface area (Å²) in [5.74, 6) is 1.05. The Bertz CT molecular complexity index is 877. The molecule has 0 bridgehead atoms. The lowest BCUT2D eigenvalue weighted by Crippen LogP contribution is -2.04. The first-order valence-electron chi connectivity index (χ1n) is 8.25. The highest BCUT2D eigenvalue weighted by Crippen LogP contribution is 2.30. The third-order valence-electron chi connectivity index (χ3n) is 3.96. The minimum Gasteiger partial charge on any atom is -0.340 e. The van der Waals surface area contributed by atoms with Gasteiger partial charge in [0.2, 0.25) is 5.95 Å². The van der Waals surface area contributed by atoms with Crippen LogP contribution >= 0.6 is 0 Å². The normalized spacial score (nSPS) is 10.8. The average molecular weight is 336 g/mol. The molecule has 3 rings (SSSR count). The molecule has 5 heteroatoms. The maximum Gasteiger partial charge on any atom is 0.229 e. The molecule has 0 saturated heterocycles. The molecule has 0 spiro atoms. The SMILES string of the molecule is Cc1cccc(C(C)C)c1Nc1ccnc(Nc2ccccc2F)n1. The summed E-state index contributed by atoms with van der Waals surface area (Å²) < 4.78 is 13.8. The smallest absolute Gasteiger partial charge is 0.229 e. The van der Waals surface area contributed by atoms with Crippen molar-refractivity contribution < 1.29 is 4.39 Å². The first-order valence-corrected chi connectivity index (χ1v) is 8.25. The van der Waals surface area contributed by atoms with Crippen molar-refractivity contribution in [2.45, 2.75) is 26.7 Å². The molecule has 25 heavy (non-hydrogen) atoms. The van der Waals surface area contributed by atoms with Gasteiger partial charge in [0.1, 0.15) is 11.6 Å². The van der Waals surface area contributed by atoms with Crippen molar-refractivity contribution in [3.05, 3.63) is 71.7 Å². The molecule has 3 aromatic rings. The molecule has 0 aliphatic heterocycles. The van der Waals surface area contributed by atoms with Crippen molar-refractivity contribution in [3.8, 4) is 0 Å². The average Bonchev–Trinajstić information content (AvgIpc) is 2.59. The monoisotopic (exact) mass is 336 g/mol. The molecule has 2 N–H and O–H groups in total. The molecular formula is C20H21FN4. The lowest BCUT2D eigenvalue weighted by atomic mass is 9.98. The van der Waals surface area contributed by atoms with Crippen LogP contribution in [0.2, 0.25) is 0 Å². The molecule has 0 radical (unpaired) electrons. The first kappa shape index (κ1) is 16.9. The van der Waals surface area contributed by atoms with Gasteiger partial charge in [0.15, 0.2) is 0 Å². The number of aryl methyl sites for hydroxylation is 1. The molecule has 0 aliphatic carbocycles. The Morgan fingerprint density at radius 2 is 1.76 bits per heavy atom. The van der Waals surface area contributed by atoms with Gasteiger partial charge in [-0.3, -0.25) is 0 Å². The highest BCUT2D eigenvalue weighted by Gasteiger charge is 2.10. The van der Waals surface area contributed by atoms with Crippen LogP contribution in [-0.4, -0.2) is 9.97 Å². The number of para-hydroxylation sites is 2. The van der Waals surface area contributed by atoms with Crippen LogP contribution < -0.4 is 10.6 Å². The van der Waals surface area contributed by atoms with E-state index in [9.17, 15) is 4.39 Å². The van der Waals surface area contributed by atoms with Gasteiger partial charge in [-0.15, -0.1) is 0 Å². The first-order chi connectivity index (χ1) is 12.0. The van der Waals surface area contributed by atoms with Gasteiger partial charge >= 0.3 is 0 Å². The maximum absolute atomic E-state index is 13.8. The number of nitrogens with zero attached hydrogens (tertiary/aromatic N) is 2. The minimum atomic E-state index is -0.342. The van der Waals surface area contributed by atoms with Gasteiger partial charge in [0.25, 0.3) is 0 Å². The zero-order chi connectivity index (χ0) is 17.8. The van der Waals surface area contributed by atoms with Crippen molar-refractivity contribution in [2.24, 2.45) is 0 Å². The number of halogens is 1. The molecule has 0 fully saturated rings. The van der Waals surface area contributed by atoms with Crippen LogP contribution in [0.5, 0.6) is 0 Å². The molecule has 1 aromatic heterocycles. The number of nitrogens with one attached hydrogen (secondary N) is 2. The van der Waals surface area contributed by atoms with Crippen molar-refractivity contribution in [1.82, 2.24) is 9.97 Å². The summed E-state index contributed by atoms with van der Waals surface area (Å²) in [6.07, 6.45) is 1.64. The van der Waals surface area contributed by atoms with Gasteiger partial charge in [-0.1, -0.05) is 44.2 Å². The third kappa shape index (κ3) is 3.94. The Labute approximate surface area is 147 Å². The summed E-state index contributed by atoms with van der Waals surface area (Å²) in [5.41, 5.74) is 3.77. The number of benzene rings is 2. The third-order valence-corrected chi connectivity index (χ3v) is 3.96. The summed E-state index contributed by atoms with van der Waals surface area (Å²) in [7, 11) is 0. The van der Waals surface area contributed by atoms with E-state index in [1.165, 1.54) is 11.6 Å². The topological polar surface area (TPSA) is 49.8 Å². The Kier molecular flexibility index (Phi) is 4.93.